The van der Waals surface area contributed by atoms with E-state index in [1.54, 1.807) is 7.11 Å². The Bertz CT molecular complexity index is 532. The number of ether oxygens (including phenoxy) is 1. The molecule has 1 aliphatic rings. The molecule has 1 atom stereocenters. The van der Waals surface area contributed by atoms with Gasteiger partial charge in [-0.2, -0.15) is 0 Å². The number of furan rings is 1. The van der Waals surface area contributed by atoms with E-state index in [9.17, 15) is 0 Å². The molecule has 1 aromatic heterocycles. The number of hydrogen-bond acceptors (Lipinski definition) is 3. The second kappa shape index (κ2) is 5.76. The fourth-order valence-electron chi connectivity index (χ4n) is 3.06. The second-order valence-electron chi connectivity index (χ2n) is 5.46. The zero-order valence-corrected chi connectivity index (χ0v) is 11.5. The van der Waals surface area contributed by atoms with Crippen molar-refractivity contribution in [2.75, 3.05) is 26.8 Å². The number of piperidine rings is 1. The van der Waals surface area contributed by atoms with Gasteiger partial charge in [-0.05, 0) is 31.4 Å². The summed E-state index contributed by atoms with van der Waals surface area (Å²) in [5.41, 5.74) is 2.29. The Labute approximate surface area is 114 Å². The molecular weight excluding hydrogens is 238 g/mol. The SMILES string of the molecule is COCC1CCCN(Cc2coc3ccccc23)C1. The van der Waals surface area contributed by atoms with Crippen LogP contribution in [0.25, 0.3) is 11.0 Å². The first-order valence-electron chi connectivity index (χ1n) is 7.03. The molecule has 0 aliphatic carbocycles. The summed E-state index contributed by atoms with van der Waals surface area (Å²) in [4.78, 5) is 2.52. The molecule has 0 bridgehead atoms. The highest BCUT2D eigenvalue weighted by Crippen LogP contribution is 2.24. The first-order chi connectivity index (χ1) is 9.36. The Kier molecular flexibility index (Phi) is 3.85. The van der Waals surface area contributed by atoms with Crippen molar-refractivity contribution < 1.29 is 9.15 Å². The molecule has 0 spiro atoms. The molecule has 3 rings (SSSR count). The predicted octanol–water partition coefficient (Wildman–Crippen LogP) is 3.29. The smallest absolute Gasteiger partial charge is 0.134 e. The van der Waals surface area contributed by atoms with Crippen molar-refractivity contribution in [1.82, 2.24) is 4.90 Å². The lowest BCUT2D eigenvalue weighted by atomic mass is 9.98. The summed E-state index contributed by atoms with van der Waals surface area (Å²) in [6.07, 6.45) is 4.46. The first-order valence-corrected chi connectivity index (χ1v) is 7.03. The molecule has 1 fully saturated rings. The molecule has 3 nitrogen and oxygen atoms in total. The van der Waals surface area contributed by atoms with E-state index in [-0.39, 0.29) is 0 Å². The van der Waals surface area contributed by atoms with E-state index in [4.69, 9.17) is 9.15 Å². The van der Waals surface area contributed by atoms with Gasteiger partial charge in [0, 0.05) is 31.1 Å². The summed E-state index contributed by atoms with van der Waals surface area (Å²) < 4.78 is 10.9. The van der Waals surface area contributed by atoms with E-state index >= 15 is 0 Å². The number of fused-ring (bicyclic) bond motifs is 1. The number of para-hydroxylation sites is 1. The van der Waals surface area contributed by atoms with Crippen molar-refractivity contribution in [3.05, 3.63) is 36.1 Å². The molecule has 2 aromatic rings. The molecule has 3 heteroatoms. The van der Waals surface area contributed by atoms with Crippen molar-refractivity contribution in [3.8, 4) is 0 Å². The number of likely N-dealkylation sites (tertiary alicyclic amines) is 1. The Hall–Kier alpha value is -1.32. The third-order valence-corrected chi connectivity index (χ3v) is 3.96. The molecule has 19 heavy (non-hydrogen) atoms. The molecule has 0 amide bonds. The van der Waals surface area contributed by atoms with Crippen molar-refractivity contribution >= 4 is 11.0 Å². The van der Waals surface area contributed by atoms with Crippen LogP contribution < -0.4 is 0 Å². The number of methoxy groups -OCH3 is 1. The van der Waals surface area contributed by atoms with Gasteiger partial charge in [0.1, 0.15) is 5.58 Å². The summed E-state index contributed by atoms with van der Waals surface area (Å²) in [5, 5.41) is 1.25. The van der Waals surface area contributed by atoms with Crippen LogP contribution in [0.1, 0.15) is 18.4 Å². The minimum Gasteiger partial charge on any atom is -0.464 e. The molecule has 1 aliphatic heterocycles. The van der Waals surface area contributed by atoms with Crippen molar-refractivity contribution in [3.63, 3.8) is 0 Å². The van der Waals surface area contributed by atoms with Crippen LogP contribution in [0, 0.1) is 5.92 Å². The van der Waals surface area contributed by atoms with Crippen molar-refractivity contribution in [2.45, 2.75) is 19.4 Å². The van der Waals surface area contributed by atoms with Crippen LogP contribution in [0.2, 0.25) is 0 Å². The van der Waals surface area contributed by atoms with Gasteiger partial charge in [0.2, 0.25) is 0 Å². The minimum absolute atomic E-state index is 0.678. The van der Waals surface area contributed by atoms with Crippen molar-refractivity contribution in [1.29, 1.82) is 0 Å². The van der Waals surface area contributed by atoms with E-state index in [0.717, 1.165) is 25.3 Å². The van der Waals surface area contributed by atoms with Gasteiger partial charge in [-0.15, -0.1) is 0 Å². The number of nitrogens with zero attached hydrogens (tertiary/aromatic N) is 1. The molecular formula is C16H21NO2. The number of hydrogen-bond donors (Lipinski definition) is 0. The van der Waals surface area contributed by atoms with Gasteiger partial charge in [0.25, 0.3) is 0 Å². The monoisotopic (exact) mass is 259 g/mol. The van der Waals surface area contributed by atoms with Gasteiger partial charge < -0.3 is 9.15 Å². The van der Waals surface area contributed by atoms with E-state index in [1.165, 1.54) is 30.3 Å². The van der Waals surface area contributed by atoms with Crippen LogP contribution in [0.3, 0.4) is 0 Å². The predicted molar refractivity (Wildman–Crippen MR) is 76.1 cm³/mol. The zero-order chi connectivity index (χ0) is 13.1. The number of benzene rings is 1. The van der Waals surface area contributed by atoms with Gasteiger partial charge >= 0.3 is 0 Å². The molecule has 0 N–H and O–H groups in total. The summed E-state index contributed by atoms with van der Waals surface area (Å²) in [7, 11) is 1.79. The maximum Gasteiger partial charge on any atom is 0.134 e. The minimum atomic E-state index is 0.678. The summed E-state index contributed by atoms with van der Waals surface area (Å²) in [5.74, 6) is 0.678. The maximum atomic E-state index is 5.61. The van der Waals surface area contributed by atoms with Crippen molar-refractivity contribution in [2.24, 2.45) is 5.92 Å². The fraction of sp³-hybridized carbons (Fsp3) is 0.500. The fourth-order valence-corrected chi connectivity index (χ4v) is 3.06. The second-order valence-corrected chi connectivity index (χ2v) is 5.46. The van der Waals surface area contributed by atoms with Crippen LogP contribution in [-0.2, 0) is 11.3 Å². The topological polar surface area (TPSA) is 25.6 Å². The van der Waals surface area contributed by atoms with Crippen LogP contribution in [0.5, 0.6) is 0 Å². The zero-order valence-electron chi connectivity index (χ0n) is 11.5. The highest BCUT2D eigenvalue weighted by molar-refractivity contribution is 5.80. The van der Waals surface area contributed by atoms with Crippen LogP contribution in [0.15, 0.2) is 34.9 Å². The summed E-state index contributed by atoms with van der Waals surface area (Å²) in [6, 6.07) is 8.27. The standard InChI is InChI=1S/C16H21NO2/c1-18-11-13-5-4-8-17(9-13)10-14-12-19-16-7-3-2-6-15(14)16/h2-3,6-7,12-13H,4-5,8-11H2,1H3. The lowest BCUT2D eigenvalue weighted by Crippen LogP contribution is -2.36. The molecule has 0 saturated carbocycles. The number of rotatable bonds is 4. The lowest BCUT2D eigenvalue weighted by Gasteiger charge is -2.32. The average molecular weight is 259 g/mol. The molecule has 1 unspecified atom stereocenters. The molecule has 1 saturated heterocycles. The Morgan fingerprint density at radius 1 is 1.37 bits per heavy atom. The van der Waals surface area contributed by atoms with Crippen LogP contribution >= 0.6 is 0 Å². The third-order valence-electron chi connectivity index (χ3n) is 3.96. The van der Waals surface area contributed by atoms with Crippen LogP contribution in [0.4, 0.5) is 0 Å². The molecule has 2 heterocycles. The van der Waals surface area contributed by atoms with E-state index in [1.807, 2.05) is 18.4 Å². The molecule has 0 radical (unpaired) electrons. The third kappa shape index (κ3) is 2.82. The van der Waals surface area contributed by atoms with Gasteiger partial charge in [0.15, 0.2) is 0 Å². The Morgan fingerprint density at radius 3 is 3.16 bits per heavy atom. The normalized spacial score (nSPS) is 21.0. The van der Waals surface area contributed by atoms with E-state index in [0.29, 0.717) is 5.92 Å². The summed E-state index contributed by atoms with van der Waals surface area (Å²) >= 11 is 0. The first kappa shape index (κ1) is 12.7. The lowest BCUT2D eigenvalue weighted by molar-refractivity contribution is 0.0874. The molecule has 102 valence electrons. The average Bonchev–Trinajstić information content (AvgIpc) is 2.83. The quantitative estimate of drug-likeness (QED) is 0.842. The highest BCUT2D eigenvalue weighted by Gasteiger charge is 2.20. The van der Waals surface area contributed by atoms with E-state index in [2.05, 4.69) is 17.0 Å². The van der Waals surface area contributed by atoms with E-state index < -0.39 is 0 Å². The van der Waals surface area contributed by atoms with Crippen LogP contribution in [-0.4, -0.2) is 31.7 Å². The Balaban J connectivity index is 1.70. The Morgan fingerprint density at radius 2 is 2.26 bits per heavy atom. The summed E-state index contributed by atoms with van der Waals surface area (Å²) in [6.45, 7) is 4.17. The highest BCUT2D eigenvalue weighted by atomic mass is 16.5. The largest absolute Gasteiger partial charge is 0.464 e. The van der Waals surface area contributed by atoms with Gasteiger partial charge in [0.05, 0.1) is 12.9 Å². The van der Waals surface area contributed by atoms with Gasteiger partial charge in [-0.25, -0.2) is 0 Å². The van der Waals surface area contributed by atoms with Gasteiger partial charge in [-0.3, -0.25) is 4.90 Å². The maximum absolute atomic E-state index is 5.61. The van der Waals surface area contributed by atoms with Gasteiger partial charge in [-0.1, -0.05) is 18.2 Å². The molecule has 1 aromatic carbocycles.